The van der Waals surface area contributed by atoms with Crippen molar-refractivity contribution in [2.45, 2.75) is 32.6 Å². The number of nitrogens with zero attached hydrogens (tertiary/aromatic N) is 1. The van der Waals surface area contributed by atoms with Gasteiger partial charge < -0.3 is 15.3 Å². The van der Waals surface area contributed by atoms with Gasteiger partial charge in [-0.1, -0.05) is 19.8 Å². The molecule has 2 N–H and O–H groups in total. The number of rotatable bonds is 5. The van der Waals surface area contributed by atoms with E-state index in [0.717, 1.165) is 12.8 Å². The fourth-order valence-corrected chi connectivity index (χ4v) is 2.84. The van der Waals surface area contributed by atoms with Crippen LogP contribution in [0.5, 0.6) is 0 Å². The summed E-state index contributed by atoms with van der Waals surface area (Å²) in [5.41, 5.74) is 0. The summed E-state index contributed by atoms with van der Waals surface area (Å²) in [4.78, 5) is 36.6. The molecule has 1 fully saturated rings. The molecule has 6 heteroatoms. The number of hydrogen-bond donors (Lipinski definition) is 2. The normalized spacial score (nSPS) is 23.8. The Morgan fingerprint density at radius 1 is 1.25 bits per heavy atom. The highest BCUT2D eigenvalue weighted by molar-refractivity contribution is 5.85. The molecule has 0 heterocycles. The fraction of sp³-hybridized carbons (Fsp3) is 0.786. The first-order valence-electron chi connectivity index (χ1n) is 7.07. The molecule has 1 rings (SSSR count). The van der Waals surface area contributed by atoms with Crippen LogP contribution >= 0.6 is 0 Å². The number of nitrogens with one attached hydrogen (secondary N) is 1. The van der Waals surface area contributed by atoms with Gasteiger partial charge in [-0.25, -0.2) is 0 Å². The first-order valence-corrected chi connectivity index (χ1v) is 7.07. The van der Waals surface area contributed by atoms with Crippen molar-refractivity contribution in [3.05, 3.63) is 0 Å². The van der Waals surface area contributed by atoms with Crippen molar-refractivity contribution < 1.29 is 19.5 Å². The molecule has 3 atom stereocenters. The summed E-state index contributed by atoms with van der Waals surface area (Å²) in [7, 11) is 3.19. The van der Waals surface area contributed by atoms with Crippen molar-refractivity contribution in [2.24, 2.45) is 17.8 Å². The summed E-state index contributed by atoms with van der Waals surface area (Å²) in [5.74, 6) is -2.52. The Bertz CT molecular complexity index is 383. The second-order valence-corrected chi connectivity index (χ2v) is 5.57. The van der Waals surface area contributed by atoms with E-state index in [-0.39, 0.29) is 17.7 Å². The molecule has 0 saturated heterocycles. The quantitative estimate of drug-likeness (QED) is 0.778. The smallest absolute Gasteiger partial charge is 0.307 e. The van der Waals surface area contributed by atoms with Gasteiger partial charge in [-0.2, -0.15) is 0 Å². The van der Waals surface area contributed by atoms with Crippen LogP contribution in [0.3, 0.4) is 0 Å². The van der Waals surface area contributed by atoms with Gasteiger partial charge in [0.1, 0.15) is 0 Å². The molecule has 6 nitrogen and oxygen atoms in total. The van der Waals surface area contributed by atoms with Crippen molar-refractivity contribution in [3.63, 3.8) is 0 Å². The van der Waals surface area contributed by atoms with Gasteiger partial charge in [0.05, 0.1) is 17.8 Å². The van der Waals surface area contributed by atoms with Gasteiger partial charge in [-0.05, 0) is 12.8 Å². The topological polar surface area (TPSA) is 86.7 Å². The summed E-state index contributed by atoms with van der Waals surface area (Å²) in [6.45, 7) is 2.06. The van der Waals surface area contributed by atoms with E-state index in [1.807, 2.05) is 0 Å². The third kappa shape index (κ3) is 3.95. The second kappa shape index (κ2) is 7.26. The zero-order chi connectivity index (χ0) is 15.3. The largest absolute Gasteiger partial charge is 0.481 e. The van der Waals surface area contributed by atoms with E-state index in [1.165, 1.54) is 4.90 Å². The first-order chi connectivity index (χ1) is 9.38. The minimum atomic E-state index is -0.893. The van der Waals surface area contributed by atoms with Crippen LogP contribution in [0.15, 0.2) is 0 Å². The lowest BCUT2D eigenvalue weighted by Gasteiger charge is -2.31. The molecule has 0 aromatic heterocycles. The minimum Gasteiger partial charge on any atom is -0.481 e. The minimum absolute atomic E-state index is 0.122. The zero-order valence-corrected chi connectivity index (χ0v) is 12.4. The number of carboxylic acids is 1. The SMILES string of the molecule is CNC(=O)C(C)CN(C)C(=O)[C@@H]1CCCC[C@@H]1C(=O)O. The van der Waals surface area contributed by atoms with Crippen molar-refractivity contribution in [1.82, 2.24) is 10.2 Å². The van der Waals surface area contributed by atoms with E-state index in [0.29, 0.717) is 19.4 Å². The van der Waals surface area contributed by atoms with E-state index in [4.69, 9.17) is 0 Å². The molecule has 0 aromatic carbocycles. The van der Waals surface area contributed by atoms with Crippen molar-refractivity contribution in [3.8, 4) is 0 Å². The van der Waals surface area contributed by atoms with Crippen LogP contribution in [0.4, 0.5) is 0 Å². The molecule has 2 amide bonds. The lowest BCUT2D eigenvalue weighted by molar-refractivity contribution is -0.152. The number of amides is 2. The standard InChI is InChI=1S/C14H24N2O4/c1-9(12(17)15-2)8-16(3)13(18)10-6-4-5-7-11(10)14(19)20/h9-11H,4-8H2,1-3H3,(H,15,17)(H,19,20)/t9?,10-,11+/m1/s1. The van der Waals surface area contributed by atoms with Crippen LogP contribution in [0, 0.1) is 17.8 Å². The lowest BCUT2D eigenvalue weighted by atomic mass is 9.78. The highest BCUT2D eigenvalue weighted by atomic mass is 16.4. The fourth-order valence-electron chi connectivity index (χ4n) is 2.84. The molecule has 0 radical (unpaired) electrons. The molecule has 0 aliphatic heterocycles. The van der Waals surface area contributed by atoms with Crippen LogP contribution in [-0.4, -0.2) is 48.4 Å². The molecule has 1 aliphatic rings. The number of hydrogen-bond acceptors (Lipinski definition) is 3. The van der Waals surface area contributed by atoms with Gasteiger partial charge in [-0.15, -0.1) is 0 Å². The van der Waals surface area contributed by atoms with E-state index in [2.05, 4.69) is 5.32 Å². The number of carbonyl (C=O) groups excluding carboxylic acids is 2. The Morgan fingerprint density at radius 2 is 1.80 bits per heavy atom. The predicted molar refractivity (Wildman–Crippen MR) is 74.0 cm³/mol. The molecular weight excluding hydrogens is 260 g/mol. The average Bonchev–Trinajstić information content (AvgIpc) is 2.45. The summed E-state index contributed by atoms with van der Waals surface area (Å²) >= 11 is 0. The zero-order valence-electron chi connectivity index (χ0n) is 12.4. The Morgan fingerprint density at radius 3 is 2.30 bits per heavy atom. The maximum Gasteiger partial charge on any atom is 0.307 e. The van der Waals surface area contributed by atoms with Gasteiger partial charge in [0, 0.05) is 20.6 Å². The van der Waals surface area contributed by atoms with E-state index >= 15 is 0 Å². The number of carbonyl (C=O) groups is 3. The molecule has 0 bridgehead atoms. The van der Waals surface area contributed by atoms with Gasteiger partial charge in [0.15, 0.2) is 0 Å². The molecule has 114 valence electrons. The van der Waals surface area contributed by atoms with Crippen LogP contribution < -0.4 is 5.32 Å². The van der Waals surface area contributed by atoms with Crippen LogP contribution in [-0.2, 0) is 14.4 Å². The molecule has 1 saturated carbocycles. The van der Waals surface area contributed by atoms with Gasteiger partial charge in [0.25, 0.3) is 0 Å². The first kappa shape index (κ1) is 16.5. The van der Waals surface area contributed by atoms with Crippen LogP contribution in [0.2, 0.25) is 0 Å². The Hall–Kier alpha value is -1.59. The molecule has 0 spiro atoms. The highest BCUT2D eigenvalue weighted by Crippen LogP contribution is 2.31. The van der Waals surface area contributed by atoms with Crippen LogP contribution in [0.1, 0.15) is 32.6 Å². The average molecular weight is 284 g/mol. The Labute approximate surface area is 119 Å². The summed E-state index contributed by atoms with van der Waals surface area (Å²) in [6, 6.07) is 0. The molecular formula is C14H24N2O4. The Kier molecular flexibility index (Phi) is 5.98. The van der Waals surface area contributed by atoms with E-state index in [1.54, 1.807) is 21.0 Å². The van der Waals surface area contributed by atoms with E-state index < -0.39 is 17.8 Å². The van der Waals surface area contributed by atoms with Gasteiger partial charge in [0.2, 0.25) is 11.8 Å². The molecule has 1 aliphatic carbocycles. The van der Waals surface area contributed by atoms with Crippen molar-refractivity contribution in [1.29, 1.82) is 0 Å². The van der Waals surface area contributed by atoms with Crippen molar-refractivity contribution in [2.75, 3.05) is 20.6 Å². The maximum absolute atomic E-state index is 12.4. The predicted octanol–water partition coefficient (Wildman–Crippen LogP) is 0.718. The van der Waals surface area contributed by atoms with Crippen LogP contribution in [0.25, 0.3) is 0 Å². The van der Waals surface area contributed by atoms with E-state index in [9.17, 15) is 19.5 Å². The molecule has 0 aromatic rings. The monoisotopic (exact) mass is 284 g/mol. The molecule has 20 heavy (non-hydrogen) atoms. The summed E-state index contributed by atoms with van der Waals surface area (Å²) < 4.78 is 0. The highest BCUT2D eigenvalue weighted by Gasteiger charge is 2.37. The Balaban J connectivity index is 2.67. The van der Waals surface area contributed by atoms with Crippen molar-refractivity contribution >= 4 is 17.8 Å². The number of aliphatic carboxylic acids is 1. The maximum atomic E-state index is 12.4. The van der Waals surface area contributed by atoms with Gasteiger partial charge >= 0.3 is 5.97 Å². The number of carboxylic acid groups (broad SMARTS) is 1. The third-order valence-electron chi connectivity index (χ3n) is 4.02. The lowest BCUT2D eigenvalue weighted by Crippen LogP contribution is -2.44. The molecule has 1 unspecified atom stereocenters. The summed E-state index contributed by atoms with van der Waals surface area (Å²) in [5, 5.41) is 11.8. The van der Waals surface area contributed by atoms with Gasteiger partial charge in [-0.3, -0.25) is 14.4 Å². The third-order valence-corrected chi connectivity index (χ3v) is 4.02. The second-order valence-electron chi connectivity index (χ2n) is 5.57. The summed E-state index contributed by atoms with van der Waals surface area (Å²) in [6.07, 6.45) is 2.93.